The van der Waals surface area contributed by atoms with Gasteiger partial charge in [0, 0.05) is 6.61 Å². The average Bonchev–Trinajstić information content (AvgIpc) is 3.30. The quantitative estimate of drug-likeness (QED) is 0.762. The van der Waals surface area contributed by atoms with Crippen LogP contribution in [0.5, 0.6) is 0 Å². The van der Waals surface area contributed by atoms with Crippen molar-refractivity contribution in [1.82, 2.24) is 20.0 Å². The third-order valence-electron chi connectivity index (χ3n) is 4.34. The highest BCUT2D eigenvalue weighted by atomic mass is 19.1. The molecule has 1 aromatic carbocycles. The number of hydrogen-bond donors (Lipinski definition) is 2. The van der Waals surface area contributed by atoms with E-state index in [1.807, 2.05) is 6.92 Å². The Bertz CT molecular complexity index is 909. The second-order valence-corrected chi connectivity index (χ2v) is 6.16. The number of H-pyrrole nitrogens is 1. The van der Waals surface area contributed by atoms with Gasteiger partial charge < -0.3 is 10.1 Å². The van der Waals surface area contributed by atoms with Crippen LogP contribution < -0.4 is 5.32 Å². The first-order chi connectivity index (χ1) is 12.1. The van der Waals surface area contributed by atoms with Crippen LogP contribution in [0.15, 0.2) is 24.3 Å². The minimum Gasteiger partial charge on any atom is -0.368 e. The fourth-order valence-electron chi connectivity index (χ4n) is 3.09. The smallest absolute Gasteiger partial charge is 0.254 e. The first-order valence-electron chi connectivity index (χ1n) is 8.20. The van der Waals surface area contributed by atoms with Crippen molar-refractivity contribution >= 4 is 22.8 Å². The van der Waals surface area contributed by atoms with E-state index in [4.69, 9.17) is 4.74 Å². The Hall–Kier alpha value is -2.74. The van der Waals surface area contributed by atoms with E-state index in [1.165, 1.54) is 12.1 Å². The van der Waals surface area contributed by atoms with Gasteiger partial charge >= 0.3 is 0 Å². The Kier molecular flexibility index (Phi) is 3.96. The molecule has 2 N–H and O–H groups in total. The van der Waals surface area contributed by atoms with Crippen LogP contribution >= 0.6 is 0 Å². The number of anilines is 1. The van der Waals surface area contributed by atoms with Crippen molar-refractivity contribution in [2.24, 2.45) is 0 Å². The molecule has 1 aliphatic heterocycles. The van der Waals surface area contributed by atoms with E-state index in [0.717, 1.165) is 29.5 Å². The lowest BCUT2D eigenvalue weighted by Crippen LogP contribution is -2.27. The van der Waals surface area contributed by atoms with E-state index >= 15 is 0 Å². The highest BCUT2D eigenvalue weighted by molar-refractivity contribution is 6.01. The van der Waals surface area contributed by atoms with Gasteiger partial charge in [0.25, 0.3) is 5.91 Å². The first-order valence-corrected chi connectivity index (χ1v) is 8.20. The van der Waals surface area contributed by atoms with Crippen LogP contribution in [-0.4, -0.2) is 38.6 Å². The minimum atomic E-state index is -0.409. The Morgan fingerprint density at radius 2 is 2.24 bits per heavy atom. The molecule has 1 unspecified atom stereocenters. The van der Waals surface area contributed by atoms with Crippen molar-refractivity contribution < 1.29 is 13.9 Å². The second kappa shape index (κ2) is 6.29. The molecule has 130 valence electrons. The highest BCUT2D eigenvalue weighted by Gasteiger charge is 2.25. The monoisotopic (exact) mass is 343 g/mol. The molecule has 25 heavy (non-hydrogen) atoms. The first kappa shape index (κ1) is 15.8. The number of aromatic amines is 1. The van der Waals surface area contributed by atoms with Crippen molar-refractivity contribution in [2.45, 2.75) is 32.4 Å². The predicted octanol–water partition coefficient (Wildman–Crippen LogP) is 2.37. The molecule has 0 radical (unpaired) electrons. The third-order valence-corrected chi connectivity index (χ3v) is 4.34. The van der Waals surface area contributed by atoms with Crippen LogP contribution in [0.4, 0.5) is 10.2 Å². The molecule has 0 saturated carbocycles. The number of fused-ring (bicyclic) bond motifs is 1. The number of hydrogen-bond acceptors (Lipinski definition) is 4. The zero-order valence-electron chi connectivity index (χ0n) is 13.8. The normalized spacial score (nSPS) is 17.3. The summed E-state index contributed by atoms with van der Waals surface area (Å²) in [6.07, 6.45) is 1.21. The topological polar surface area (TPSA) is 84.8 Å². The number of carbonyl (C=O) groups is 1. The number of carbonyl (C=O) groups excluding carboxylic acids is 1. The summed E-state index contributed by atoms with van der Waals surface area (Å²) in [5.41, 5.74) is 2.32. The Morgan fingerprint density at radius 3 is 2.96 bits per heavy atom. The van der Waals surface area contributed by atoms with Gasteiger partial charge in [0.1, 0.15) is 17.7 Å². The summed E-state index contributed by atoms with van der Waals surface area (Å²) in [6.45, 7) is 2.94. The van der Waals surface area contributed by atoms with Crippen LogP contribution in [0.3, 0.4) is 0 Å². The summed E-state index contributed by atoms with van der Waals surface area (Å²) >= 11 is 0. The van der Waals surface area contributed by atoms with Gasteiger partial charge in [-0.25, -0.2) is 9.07 Å². The van der Waals surface area contributed by atoms with Crippen molar-refractivity contribution in [3.05, 3.63) is 41.3 Å². The van der Waals surface area contributed by atoms with Gasteiger partial charge in [0.05, 0.1) is 17.6 Å². The number of benzene rings is 1. The number of halogens is 1. The van der Waals surface area contributed by atoms with E-state index in [9.17, 15) is 9.18 Å². The summed E-state index contributed by atoms with van der Waals surface area (Å²) in [5, 5.41) is 15.3. The van der Waals surface area contributed by atoms with Crippen LogP contribution in [-0.2, 0) is 16.1 Å². The second-order valence-electron chi connectivity index (χ2n) is 6.16. The maximum absolute atomic E-state index is 13.0. The molecule has 4 rings (SSSR count). The lowest BCUT2D eigenvalue weighted by atomic mass is 10.2. The van der Waals surface area contributed by atoms with Crippen molar-refractivity contribution in [3.63, 3.8) is 0 Å². The maximum Gasteiger partial charge on any atom is 0.254 e. The van der Waals surface area contributed by atoms with Gasteiger partial charge in [-0.05, 0) is 37.5 Å². The van der Waals surface area contributed by atoms with Crippen LogP contribution in [0.1, 0.15) is 24.1 Å². The summed E-state index contributed by atoms with van der Waals surface area (Å²) < 4.78 is 20.2. The van der Waals surface area contributed by atoms with E-state index in [0.29, 0.717) is 24.6 Å². The van der Waals surface area contributed by atoms with Gasteiger partial charge in [-0.15, -0.1) is 0 Å². The van der Waals surface area contributed by atoms with E-state index in [1.54, 1.807) is 16.8 Å². The van der Waals surface area contributed by atoms with Gasteiger partial charge in [0.2, 0.25) is 0 Å². The molecule has 1 aliphatic rings. The van der Waals surface area contributed by atoms with Crippen LogP contribution in [0, 0.1) is 12.7 Å². The molecule has 0 bridgehead atoms. The molecule has 7 nitrogen and oxygen atoms in total. The Morgan fingerprint density at radius 1 is 1.44 bits per heavy atom. The molecular formula is C17H18FN5O2. The molecule has 8 heteroatoms. The van der Waals surface area contributed by atoms with E-state index < -0.39 is 6.10 Å². The van der Waals surface area contributed by atoms with Gasteiger partial charge in [-0.3, -0.25) is 9.89 Å². The minimum absolute atomic E-state index is 0.172. The van der Waals surface area contributed by atoms with Crippen molar-refractivity contribution in [1.29, 1.82) is 0 Å². The largest absolute Gasteiger partial charge is 0.368 e. The Labute approximate surface area is 143 Å². The number of nitrogens with one attached hydrogen (secondary N) is 2. The number of aryl methyl sites for hydroxylation is 1. The molecular weight excluding hydrogens is 325 g/mol. The standard InChI is InChI=1S/C17H18FN5O2/c1-10-14-15(19-17(24)13-3-2-8-25-13)20-21-16(14)23(22-10)9-11-4-6-12(18)7-5-11/h4-7,13H,2-3,8-9H2,1H3,(H2,19,20,21,24). The third kappa shape index (κ3) is 3.00. The molecule has 1 amide bonds. The summed E-state index contributed by atoms with van der Waals surface area (Å²) in [5.74, 6) is 0.0801. The number of rotatable bonds is 4. The number of amides is 1. The van der Waals surface area contributed by atoms with Gasteiger partial charge in [-0.1, -0.05) is 12.1 Å². The maximum atomic E-state index is 13.0. The predicted molar refractivity (Wildman–Crippen MR) is 89.7 cm³/mol. The fourth-order valence-corrected chi connectivity index (χ4v) is 3.09. The number of ether oxygens (including phenoxy) is 1. The van der Waals surface area contributed by atoms with Gasteiger partial charge in [0.15, 0.2) is 5.65 Å². The number of nitrogens with zero attached hydrogens (tertiary/aromatic N) is 3. The highest BCUT2D eigenvalue weighted by Crippen LogP contribution is 2.25. The van der Waals surface area contributed by atoms with Crippen molar-refractivity contribution in [2.75, 3.05) is 11.9 Å². The molecule has 3 heterocycles. The molecule has 3 aromatic rings. The van der Waals surface area contributed by atoms with E-state index in [-0.39, 0.29) is 11.7 Å². The molecule has 1 fully saturated rings. The summed E-state index contributed by atoms with van der Waals surface area (Å²) in [6, 6.07) is 6.26. The van der Waals surface area contributed by atoms with Crippen molar-refractivity contribution in [3.8, 4) is 0 Å². The summed E-state index contributed by atoms with van der Waals surface area (Å²) in [7, 11) is 0. The molecule has 2 aromatic heterocycles. The average molecular weight is 343 g/mol. The summed E-state index contributed by atoms with van der Waals surface area (Å²) in [4.78, 5) is 12.3. The zero-order chi connectivity index (χ0) is 17.4. The lowest BCUT2D eigenvalue weighted by molar-refractivity contribution is -0.124. The van der Waals surface area contributed by atoms with E-state index in [2.05, 4.69) is 20.6 Å². The molecule has 1 saturated heterocycles. The lowest BCUT2D eigenvalue weighted by Gasteiger charge is -2.08. The fraction of sp³-hybridized carbons (Fsp3) is 0.353. The van der Waals surface area contributed by atoms with Crippen LogP contribution in [0.25, 0.3) is 11.0 Å². The van der Waals surface area contributed by atoms with Gasteiger partial charge in [-0.2, -0.15) is 10.2 Å². The van der Waals surface area contributed by atoms with Crippen LogP contribution in [0.2, 0.25) is 0 Å². The molecule has 1 atom stereocenters. The Balaban J connectivity index is 1.59. The SMILES string of the molecule is Cc1nn(Cc2ccc(F)cc2)c2n[nH]c(NC(=O)C3CCCO3)c12. The zero-order valence-corrected chi connectivity index (χ0v) is 13.8. The molecule has 0 aliphatic carbocycles. The number of aromatic nitrogens is 4. The molecule has 0 spiro atoms.